The Morgan fingerprint density at radius 2 is 2.16 bits per heavy atom. The predicted molar refractivity (Wildman–Crippen MR) is 87.0 cm³/mol. The molecule has 0 aromatic rings. The minimum Gasteiger partial charge on any atom is -0.319 e. The summed E-state index contributed by atoms with van der Waals surface area (Å²) in [6.07, 6.45) is 5.70. The molecule has 2 aliphatic rings. The van der Waals surface area contributed by atoms with Crippen LogP contribution in [-0.4, -0.2) is 48.6 Å². The molecule has 1 heterocycles. The van der Waals surface area contributed by atoms with E-state index in [1.165, 1.54) is 57.6 Å². The number of hydrogen-bond donors (Lipinski definition) is 1. The molecule has 2 nitrogen and oxygen atoms in total. The first-order valence-electron chi connectivity index (χ1n) is 7.96. The maximum Gasteiger partial charge on any atom is 0.0231 e. The second kappa shape index (κ2) is 6.36. The van der Waals surface area contributed by atoms with Crippen LogP contribution in [-0.2, 0) is 0 Å². The zero-order valence-electron chi connectivity index (χ0n) is 13.3. The van der Waals surface area contributed by atoms with Crippen LogP contribution >= 0.6 is 11.8 Å². The molecule has 1 N–H and O–H groups in total. The zero-order valence-corrected chi connectivity index (χ0v) is 14.1. The Kier molecular flexibility index (Phi) is 5.24. The number of nitrogens with one attached hydrogen (secondary N) is 1. The molecule has 0 spiro atoms. The van der Waals surface area contributed by atoms with Crippen LogP contribution in [0.25, 0.3) is 0 Å². The van der Waals surface area contributed by atoms with Gasteiger partial charge >= 0.3 is 0 Å². The molecular weight excluding hydrogens is 252 g/mol. The molecule has 1 aliphatic heterocycles. The van der Waals surface area contributed by atoms with Gasteiger partial charge in [-0.2, -0.15) is 11.8 Å². The summed E-state index contributed by atoms with van der Waals surface area (Å²) in [5.41, 5.74) is 0.532. The molecule has 0 amide bonds. The van der Waals surface area contributed by atoms with Gasteiger partial charge in [0.05, 0.1) is 0 Å². The van der Waals surface area contributed by atoms with Crippen LogP contribution in [0.15, 0.2) is 0 Å². The highest BCUT2D eigenvalue weighted by atomic mass is 32.2. The van der Waals surface area contributed by atoms with Gasteiger partial charge in [-0.3, -0.25) is 0 Å². The maximum absolute atomic E-state index is 3.48. The molecule has 0 radical (unpaired) electrons. The highest BCUT2D eigenvalue weighted by Crippen LogP contribution is 2.41. The van der Waals surface area contributed by atoms with E-state index in [9.17, 15) is 0 Å². The normalized spacial score (nSPS) is 36.3. The summed E-state index contributed by atoms with van der Waals surface area (Å²) < 4.78 is 0.444. The lowest BCUT2D eigenvalue weighted by molar-refractivity contribution is 0.0794. The number of thioether (sulfide) groups is 1. The van der Waals surface area contributed by atoms with Crippen molar-refractivity contribution in [2.24, 2.45) is 11.3 Å². The third kappa shape index (κ3) is 4.37. The van der Waals surface area contributed by atoms with E-state index in [2.05, 4.69) is 49.8 Å². The molecule has 2 fully saturated rings. The summed E-state index contributed by atoms with van der Waals surface area (Å²) in [4.78, 5) is 2.74. The molecule has 0 aromatic carbocycles. The third-order valence-corrected chi connectivity index (χ3v) is 6.10. The van der Waals surface area contributed by atoms with Gasteiger partial charge in [-0.05, 0) is 45.1 Å². The van der Waals surface area contributed by atoms with Crippen molar-refractivity contribution in [1.29, 1.82) is 0 Å². The van der Waals surface area contributed by atoms with E-state index in [1.807, 2.05) is 0 Å². The zero-order chi connectivity index (χ0) is 13.9. The Balaban J connectivity index is 1.99. The summed E-state index contributed by atoms with van der Waals surface area (Å²) >= 11 is 2.14. The van der Waals surface area contributed by atoms with Gasteiger partial charge in [-0.15, -0.1) is 0 Å². The maximum atomic E-state index is 3.48. The molecule has 2 unspecified atom stereocenters. The first kappa shape index (κ1) is 15.7. The summed E-state index contributed by atoms with van der Waals surface area (Å²) in [6, 6.07) is 0. The Labute approximate surface area is 124 Å². The standard InChI is InChI=1S/C16H32N2S/c1-14-6-5-7-16(10-14,11-17-4)13-18-8-9-19-15(2,3)12-18/h14,17H,5-13H2,1-4H3. The van der Waals surface area contributed by atoms with E-state index in [-0.39, 0.29) is 0 Å². The molecule has 0 aromatic heterocycles. The minimum atomic E-state index is 0.444. The fourth-order valence-electron chi connectivity index (χ4n) is 4.23. The van der Waals surface area contributed by atoms with Gasteiger partial charge in [-0.1, -0.05) is 19.8 Å². The van der Waals surface area contributed by atoms with E-state index in [0.29, 0.717) is 10.2 Å². The lowest BCUT2D eigenvalue weighted by Gasteiger charge is -2.46. The summed E-state index contributed by atoms with van der Waals surface area (Å²) in [7, 11) is 2.12. The second-order valence-corrected chi connectivity index (χ2v) is 9.35. The molecule has 0 bridgehead atoms. The fourth-order valence-corrected chi connectivity index (χ4v) is 5.40. The van der Waals surface area contributed by atoms with Crippen LogP contribution in [0.3, 0.4) is 0 Å². The average molecular weight is 285 g/mol. The van der Waals surface area contributed by atoms with Crippen molar-refractivity contribution in [3.05, 3.63) is 0 Å². The Morgan fingerprint density at radius 1 is 1.37 bits per heavy atom. The smallest absolute Gasteiger partial charge is 0.0231 e. The largest absolute Gasteiger partial charge is 0.319 e. The SMILES string of the molecule is CNCC1(CN2CCSC(C)(C)C2)CCCC(C)C1. The second-order valence-electron chi connectivity index (χ2n) is 7.55. The molecular formula is C16H32N2S. The van der Waals surface area contributed by atoms with Gasteiger partial charge in [0.15, 0.2) is 0 Å². The van der Waals surface area contributed by atoms with Crippen molar-refractivity contribution >= 4 is 11.8 Å². The molecule has 2 rings (SSSR count). The molecule has 19 heavy (non-hydrogen) atoms. The van der Waals surface area contributed by atoms with Gasteiger partial charge in [0.25, 0.3) is 0 Å². The van der Waals surface area contributed by atoms with Crippen LogP contribution in [0, 0.1) is 11.3 Å². The summed E-state index contributed by atoms with van der Waals surface area (Å²) in [5, 5.41) is 3.48. The van der Waals surface area contributed by atoms with Crippen molar-refractivity contribution in [2.75, 3.05) is 39.0 Å². The predicted octanol–water partition coefficient (Wildman–Crippen LogP) is 3.23. The van der Waals surface area contributed by atoms with Crippen LogP contribution in [0.2, 0.25) is 0 Å². The summed E-state index contributed by atoms with van der Waals surface area (Å²) in [5.74, 6) is 2.22. The van der Waals surface area contributed by atoms with Gasteiger partial charge in [0.1, 0.15) is 0 Å². The van der Waals surface area contributed by atoms with Gasteiger partial charge < -0.3 is 10.2 Å². The van der Waals surface area contributed by atoms with Crippen LogP contribution < -0.4 is 5.32 Å². The molecule has 112 valence electrons. The van der Waals surface area contributed by atoms with E-state index < -0.39 is 0 Å². The van der Waals surface area contributed by atoms with Crippen LogP contribution in [0.5, 0.6) is 0 Å². The van der Waals surface area contributed by atoms with Gasteiger partial charge in [-0.25, -0.2) is 0 Å². The lowest BCUT2D eigenvalue weighted by Crippen LogP contribution is -2.51. The van der Waals surface area contributed by atoms with Crippen molar-refractivity contribution in [1.82, 2.24) is 10.2 Å². The van der Waals surface area contributed by atoms with Crippen LogP contribution in [0.1, 0.15) is 46.5 Å². The lowest BCUT2D eigenvalue weighted by atomic mass is 9.69. The van der Waals surface area contributed by atoms with E-state index in [4.69, 9.17) is 0 Å². The topological polar surface area (TPSA) is 15.3 Å². The quantitative estimate of drug-likeness (QED) is 0.853. The molecule has 2 atom stereocenters. The number of hydrogen-bond acceptors (Lipinski definition) is 3. The van der Waals surface area contributed by atoms with Crippen LogP contribution in [0.4, 0.5) is 0 Å². The van der Waals surface area contributed by atoms with Crippen molar-refractivity contribution < 1.29 is 0 Å². The Bertz CT molecular complexity index is 288. The van der Waals surface area contributed by atoms with Crippen molar-refractivity contribution in [3.8, 4) is 0 Å². The summed E-state index contributed by atoms with van der Waals surface area (Å²) in [6.45, 7) is 12.3. The first-order valence-corrected chi connectivity index (χ1v) is 8.94. The Hall–Kier alpha value is 0.270. The molecule has 1 aliphatic carbocycles. The monoisotopic (exact) mass is 284 g/mol. The van der Waals surface area contributed by atoms with Crippen molar-refractivity contribution in [2.45, 2.75) is 51.2 Å². The number of rotatable bonds is 4. The average Bonchev–Trinajstić information content (AvgIpc) is 2.27. The Morgan fingerprint density at radius 3 is 2.79 bits per heavy atom. The molecule has 1 saturated carbocycles. The van der Waals surface area contributed by atoms with E-state index in [1.54, 1.807) is 0 Å². The highest BCUT2D eigenvalue weighted by molar-refractivity contribution is 8.00. The minimum absolute atomic E-state index is 0.444. The van der Waals surface area contributed by atoms with E-state index >= 15 is 0 Å². The molecule has 1 saturated heterocycles. The first-order chi connectivity index (χ1) is 8.95. The van der Waals surface area contributed by atoms with Gasteiger partial charge in [0, 0.05) is 36.7 Å². The highest BCUT2D eigenvalue weighted by Gasteiger charge is 2.38. The number of nitrogens with zero attached hydrogens (tertiary/aromatic N) is 1. The van der Waals surface area contributed by atoms with Crippen molar-refractivity contribution in [3.63, 3.8) is 0 Å². The third-order valence-electron chi connectivity index (χ3n) is 4.80. The van der Waals surface area contributed by atoms with E-state index in [0.717, 1.165) is 5.92 Å². The molecule has 3 heteroatoms. The fraction of sp³-hybridized carbons (Fsp3) is 1.00. The van der Waals surface area contributed by atoms with Gasteiger partial charge in [0.2, 0.25) is 0 Å².